The zero-order valence-electron chi connectivity index (χ0n) is 27.2. The van der Waals surface area contributed by atoms with Gasteiger partial charge in [-0.05, 0) is 52.8 Å². The molecular formula is C38H51NO6. The van der Waals surface area contributed by atoms with Gasteiger partial charge in [-0.25, -0.2) is 4.79 Å². The highest BCUT2D eigenvalue weighted by molar-refractivity contribution is 5.79. The van der Waals surface area contributed by atoms with Gasteiger partial charge in [-0.1, -0.05) is 99.7 Å². The number of likely N-dealkylation sites (N-methyl/N-ethyl adjacent to an activating group) is 1. The molecule has 0 atom stereocenters. The first kappa shape index (κ1) is 34.5. The average Bonchev–Trinajstić information content (AvgIpc) is 3.39. The highest BCUT2D eigenvalue weighted by Crippen LogP contribution is 2.44. The summed E-state index contributed by atoms with van der Waals surface area (Å²) >= 11 is 0. The molecule has 0 radical (unpaired) electrons. The van der Waals surface area contributed by atoms with Gasteiger partial charge in [0, 0.05) is 19.5 Å². The molecule has 0 aliphatic heterocycles. The van der Waals surface area contributed by atoms with E-state index in [9.17, 15) is 4.79 Å². The van der Waals surface area contributed by atoms with Crippen LogP contribution in [0, 0.1) is 0 Å². The number of fused-ring (bicyclic) bond motifs is 3. The van der Waals surface area contributed by atoms with Gasteiger partial charge in [0.2, 0.25) is 0 Å². The molecule has 0 unspecified atom stereocenters. The molecule has 0 saturated heterocycles. The number of hydrogen-bond donors (Lipinski definition) is 0. The number of carbonyl (C=O) groups is 1. The average molecular weight is 618 g/mol. The van der Waals surface area contributed by atoms with Crippen molar-refractivity contribution in [2.45, 2.75) is 57.8 Å². The predicted octanol–water partition coefficient (Wildman–Crippen LogP) is 7.90. The summed E-state index contributed by atoms with van der Waals surface area (Å²) in [5.74, 6) is 0.930. The van der Waals surface area contributed by atoms with Crippen molar-refractivity contribution in [2.75, 3.05) is 66.4 Å². The van der Waals surface area contributed by atoms with Crippen LogP contribution in [0.3, 0.4) is 0 Å². The summed E-state index contributed by atoms with van der Waals surface area (Å²) < 4.78 is 28.3. The third kappa shape index (κ3) is 11.5. The van der Waals surface area contributed by atoms with Gasteiger partial charge < -0.3 is 28.6 Å². The minimum absolute atomic E-state index is 0.0522. The molecule has 0 saturated carbocycles. The van der Waals surface area contributed by atoms with Gasteiger partial charge in [-0.3, -0.25) is 0 Å². The van der Waals surface area contributed by atoms with E-state index < -0.39 is 0 Å². The van der Waals surface area contributed by atoms with E-state index in [4.69, 9.17) is 23.7 Å². The van der Waals surface area contributed by atoms with Crippen LogP contribution in [-0.2, 0) is 25.4 Å². The van der Waals surface area contributed by atoms with E-state index in [2.05, 4.69) is 43.3 Å². The Bertz CT molecular complexity index is 1220. The van der Waals surface area contributed by atoms with E-state index in [1.807, 2.05) is 36.4 Å². The van der Waals surface area contributed by atoms with Crippen molar-refractivity contribution in [2.24, 2.45) is 0 Å². The minimum atomic E-state index is -0.349. The third-order valence-corrected chi connectivity index (χ3v) is 8.20. The quantitative estimate of drug-likeness (QED) is 0.107. The van der Waals surface area contributed by atoms with E-state index in [1.165, 1.54) is 66.3 Å². The molecule has 0 heterocycles. The van der Waals surface area contributed by atoms with E-state index in [1.54, 1.807) is 11.9 Å². The lowest BCUT2D eigenvalue weighted by Gasteiger charge is -2.19. The maximum Gasteiger partial charge on any atom is 0.409 e. The minimum Gasteiger partial charge on any atom is -0.491 e. The lowest BCUT2D eigenvalue weighted by molar-refractivity contribution is 0.00655. The fourth-order valence-electron chi connectivity index (χ4n) is 5.62. The molecule has 3 aromatic rings. The molecule has 45 heavy (non-hydrogen) atoms. The van der Waals surface area contributed by atoms with E-state index in [-0.39, 0.29) is 12.0 Å². The molecule has 3 aromatic carbocycles. The van der Waals surface area contributed by atoms with Crippen molar-refractivity contribution in [3.05, 3.63) is 89.5 Å². The second kappa shape index (κ2) is 19.9. The van der Waals surface area contributed by atoms with Gasteiger partial charge in [0.05, 0.1) is 39.6 Å². The zero-order chi connectivity index (χ0) is 31.5. The highest BCUT2D eigenvalue weighted by Gasteiger charge is 2.29. The monoisotopic (exact) mass is 617 g/mol. The van der Waals surface area contributed by atoms with E-state index in [0.717, 1.165) is 12.2 Å². The maximum absolute atomic E-state index is 12.6. The number of benzene rings is 3. The van der Waals surface area contributed by atoms with Crippen molar-refractivity contribution < 1.29 is 28.5 Å². The van der Waals surface area contributed by atoms with E-state index >= 15 is 0 Å². The summed E-state index contributed by atoms with van der Waals surface area (Å²) in [5, 5.41) is 0. The first-order valence-electron chi connectivity index (χ1n) is 16.7. The maximum atomic E-state index is 12.6. The Morgan fingerprint density at radius 2 is 1.22 bits per heavy atom. The molecule has 244 valence electrons. The van der Waals surface area contributed by atoms with Crippen molar-refractivity contribution in [1.29, 1.82) is 0 Å². The molecule has 0 spiro atoms. The molecular weight excluding hydrogens is 566 g/mol. The predicted molar refractivity (Wildman–Crippen MR) is 179 cm³/mol. The van der Waals surface area contributed by atoms with Gasteiger partial charge in [-0.15, -0.1) is 0 Å². The van der Waals surface area contributed by atoms with Crippen molar-refractivity contribution >= 4 is 6.09 Å². The molecule has 0 fully saturated rings. The van der Waals surface area contributed by atoms with Crippen LogP contribution in [-0.4, -0.2) is 77.4 Å². The lowest BCUT2D eigenvalue weighted by atomic mass is 9.98. The first-order valence-corrected chi connectivity index (χ1v) is 16.7. The Morgan fingerprint density at radius 3 is 1.87 bits per heavy atom. The Morgan fingerprint density at radius 1 is 0.667 bits per heavy atom. The van der Waals surface area contributed by atoms with Crippen LogP contribution in [0.15, 0.2) is 72.8 Å². The molecule has 7 nitrogen and oxygen atoms in total. The Kier molecular flexibility index (Phi) is 15.2. The van der Waals surface area contributed by atoms with Crippen LogP contribution in [0.2, 0.25) is 0 Å². The molecule has 0 aromatic heterocycles. The summed E-state index contributed by atoms with van der Waals surface area (Å²) in [7, 11) is 1.73. The number of unbranched alkanes of at least 4 members (excludes halogenated alkanes) is 5. The molecule has 0 N–H and O–H groups in total. The number of rotatable bonds is 22. The molecule has 1 amide bonds. The molecule has 7 heteroatoms. The summed E-state index contributed by atoms with van der Waals surface area (Å²) in [6, 6.07) is 25.1. The Labute approximate surface area is 269 Å². The molecule has 4 rings (SSSR count). The normalized spacial score (nSPS) is 12.1. The second-order valence-electron chi connectivity index (χ2n) is 11.6. The standard InChI is InChI=1S/C38H51NO6/c1-3-4-5-6-7-8-13-31-18-20-32(21-19-31)44-29-28-43-27-26-42-25-24-41-23-22-39(2)38(40)45-30-37-35-16-11-9-14-33(35)34-15-10-12-17-36(34)37/h9-12,14-21,37H,3-8,13,22-30H2,1-2H3. The third-order valence-electron chi connectivity index (χ3n) is 8.20. The summed E-state index contributed by atoms with van der Waals surface area (Å²) in [6.07, 6.45) is 8.72. The van der Waals surface area contributed by atoms with Crippen LogP contribution >= 0.6 is 0 Å². The van der Waals surface area contributed by atoms with Crippen LogP contribution in [0.1, 0.15) is 68.1 Å². The van der Waals surface area contributed by atoms with Crippen molar-refractivity contribution in [3.63, 3.8) is 0 Å². The number of hydrogen-bond acceptors (Lipinski definition) is 6. The van der Waals surface area contributed by atoms with Crippen LogP contribution in [0.5, 0.6) is 5.75 Å². The molecule has 1 aliphatic rings. The van der Waals surface area contributed by atoms with Crippen molar-refractivity contribution in [1.82, 2.24) is 4.90 Å². The lowest BCUT2D eigenvalue weighted by Crippen LogP contribution is -2.32. The fourth-order valence-corrected chi connectivity index (χ4v) is 5.62. The number of aryl methyl sites for hydroxylation is 1. The first-order chi connectivity index (χ1) is 22.2. The van der Waals surface area contributed by atoms with Gasteiger partial charge in [0.15, 0.2) is 0 Å². The van der Waals surface area contributed by atoms with Crippen LogP contribution < -0.4 is 4.74 Å². The Balaban J connectivity index is 0.957. The van der Waals surface area contributed by atoms with Gasteiger partial charge in [-0.2, -0.15) is 0 Å². The number of nitrogens with zero attached hydrogens (tertiary/aromatic N) is 1. The van der Waals surface area contributed by atoms with Gasteiger partial charge in [0.1, 0.15) is 19.0 Å². The second-order valence-corrected chi connectivity index (χ2v) is 11.6. The van der Waals surface area contributed by atoms with Crippen LogP contribution in [0.25, 0.3) is 11.1 Å². The smallest absolute Gasteiger partial charge is 0.409 e. The van der Waals surface area contributed by atoms with Crippen LogP contribution in [0.4, 0.5) is 4.79 Å². The topological polar surface area (TPSA) is 66.5 Å². The zero-order valence-corrected chi connectivity index (χ0v) is 27.2. The van der Waals surface area contributed by atoms with E-state index in [0.29, 0.717) is 59.4 Å². The SMILES string of the molecule is CCCCCCCCc1ccc(OCCOCCOCCOCCN(C)C(=O)OCC2c3ccccc3-c3ccccc32)cc1. The number of amides is 1. The van der Waals surface area contributed by atoms with Gasteiger partial charge >= 0.3 is 6.09 Å². The van der Waals surface area contributed by atoms with Crippen molar-refractivity contribution in [3.8, 4) is 16.9 Å². The molecule has 0 bridgehead atoms. The molecule has 1 aliphatic carbocycles. The van der Waals surface area contributed by atoms with Gasteiger partial charge in [0.25, 0.3) is 0 Å². The summed E-state index contributed by atoms with van der Waals surface area (Å²) in [5.41, 5.74) is 6.21. The summed E-state index contributed by atoms with van der Waals surface area (Å²) in [4.78, 5) is 14.2. The fraction of sp³-hybridized carbons (Fsp3) is 0.500. The number of ether oxygens (including phenoxy) is 5. The summed E-state index contributed by atoms with van der Waals surface area (Å²) in [6.45, 7) is 6.38. The number of carbonyl (C=O) groups excluding carboxylic acids is 1. The largest absolute Gasteiger partial charge is 0.491 e. The Hall–Kier alpha value is -3.39. The highest BCUT2D eigenvalue weighted by atomic mass is 16.6.